The average Bonchev–Trinajstić information content (AvgIpc) is 2.94. The highest BCUT2D eigenvalue weighted by Crippen LogP contribution is 2.26. The van der Waals surface area contributed by atoms with Gasteiger partial charge in [-0.2, -0.15) is 0 Å². The van der Waals surface area contributed by atoms with Gasteiger partial charge in [0, 0.05) is 13.1 Å². The summed E-state index contributed by atoms with van der Waals surface area (Å²) in [5.41, 5.74) is 1.38. The van der Waals surface area contributed by atoms with Crippen molar-refractivity contribution in [2.45, 2.75) is 32.1 Å². The maximum absolute atomic E-state index is 12.4. The second-order valence-electron chi connectivity index (χ2n) is 6.89. The number of piperidine rings is 1. The molecule has 0 bridgehead atoms. The van der Waals surface area contributed by atoms with Gasteiger partial charge in [-0.15, -0.1) is 0 Å². The lowest BCUT2D eigenvalue weighted by Gasteiger charge is -2.33. The van der Waals surface area contributed by atoms with E-state index in [4.69, 9.17) is 0 Å². The van der Waals surface area contributed by atoms with E-state index in [1.54, 1.807) is 0 Å². The predicted molar refractivity (Wildman–Crippen MR) is 90.8 cm³/mol. The van der Waals surface area contributed by atoms with E-state index in [1.165, 1.54) is 12.0 Å². The molecule has 5 heteroatoms. The van der Waals surface area contributed by atoms with Crippen LogP contribution in [-0.2, 0) is 21.1 Å². The van der Waals surface area contributed by atoms with Gasteiger partial charge in [0.05, 0.1) is 17.4 Å². The zero-order valence-electron chi connectivity index (χ0n) is 13.5. The van der Waals surface area contributed by atoms with Crippen LogP contribution in [0.1, 0.15) is 31.2 Å². The molecule has 0 saturated carbocycles. The molecular weight excluding hydrogens is 310 g/mol. The fourth-order valence-electron chi connectivity index (χ4n) is 3.71. The highest BCUT2D eigenvalue weighted by molar-refractivity contribution is 7.91. The first-order valence-corrected chi connectivity index (χ1v) is 10.4. The van der Waals surface area contributed by atoms with Gasteiger partial charge >= 0.3 is 0 Å². The van der Waals surface area contributed by atoms with Crippen molar-refractivity contribution in [2.24, 2.45) is 11.8 Å². The van der Waals surface area contributed by atoms with E-state index >= 15 is 0 Å². The molecule has 1 amide bonds. The molecular formula is C18H25NO3S. The molecule has 126 valence electrons. The van der Waals surface area contributed by atoms with Gasteiger partial charge in [0.15, 0.2) is 9.84 Å². The molecule has 2 aliphatic heterocycles. The number of amides is 1. The zero-order valence-corrected chi connectivity index (χ0v) is 14.3. The highest BCUT2D eigenvalue weighted by Gasteiger charge is 2.36. The second kappa shape index (κ2) is 7.04. The van der Waals surface area contributed by atoms with E-state index in [1.807, 2.05) is 11.0 Å². The maximum Gasteiger partial charge on any atom is 0.226 e. The monoisotopic (exact) mass is 335 g/mol. The zero-order chi connectivity index (χ0) is 16.3. The number of carbonyl (C=O) groups excluding carboxylic acids is 1. The molecule has 23 heavy (non-hydrogen) atoms. The highest BCUT2D eigenvalue weighted by atomic mass is 32.2. The van der Waals surface area contributed by atoms with Gasteiger partial charge in [-0.05, 0) is 43.6 Å². The molecule has 3 rings (SSSR count). The topological polar surface area (TPSA) is 54.5 Å². The van der Waals surface area contributed by atoms with Gasteiger partial charge in [0.25, 0.3) is 0 Å². The Labute approximate surface area is 138 Å². The molecule has 1 aromatic rings. The third kappa shape index (κ3) is 4.34. The number of carbonyl (C=O) groups is 1. The molecule has 2 fully saturated rings. The van der Waals surface area contributed by atoms with Crippen LogP contribution < -0.4 is 0 Å². The summed E-state index contributed by atoms with van der Waals surface area (Å²) in [6.45, 7) is 1.57. The lowest BCUT2D eigenvalue weighted by molar-refractivity contribution is -0.136. The van der Waals surface area contributed by atoms with Gasteiger partial charge in [-0.1, -0.05) is 30.3 Å². The largest absolute Gasteiger partial charge is 0.342 e. The SMILES string of the molecule is O=C([C@@H]1CCS(=O)(=O)C1)N1CCC(CCc2ccccc2)CC1. The van der Waals surface area contributed by atoms with Crippen LogP contribution in [0.4, 0.5) is 0 Å². The standard InChI is InChI=1S/C18H25NO3S/c20-18(17-10-13-23(21,22)14-17)19-11-8-16(9-12-19)7-6-15-4-2-1-3-5-15/h1-5,16-17H,6-14H2/t17-/m1/s1. The lowest BCUT2D eigenvalue weighted by Crippen LogP contribution is -2.42. The summed E-state index contributed by atoms with van der Waals surface area (Å²) in [5.74, 6) is 0.677. The number of rotatable bonds is 4. The van der Waals surface area contributed by atoms with Crippen molar-refractivity contribution in [3.63, 3.8) is 0 Å². The molecule has 0 radical (unpaired) electrons. The van der Waals surface area contributed by atoms with Gasteiger partial charge in [-0.25, -0.2) is 8.42 Å². The van der Waals surface area contributed by atoms with Crippen LogP contribution in [-0.4, -0.2) is 43.8 Å². The molecule has 0 spiro atoms. The number of likely N-dealkylation sites (tertiary alicyclic amines) is 1. The van der Waals surface area contributed by atoms with E-state index in [9.17, 15) is 13.2 Å². The van der Waals surface area contributed by atoms with Crippen LogP contribution in [0.25, 0.3) is 0 Å². The van der Waals surface area contributed by atoms with Crippen molar-refractivity contribution in [2.75, 3.05) is 24.6 Å². The number of aryl methyl sites for hydroxylation is 1. The molecule has 0 aliphatic carbocycles. The lowest BCUT2D eigenvalue weighted by atomic mass is 9.90. The number of nitrogens with zero attached hydrogens (tertiary/aromatic N) is 1. The van der Waals surface area contributed by atoms with Crippen LogP contribution >= 0.6 is 0 Å². The van der Waals surface area contributed by atoms with E-state index in [0.29, 0.717) is 12.3 Å². The minimum atomic E-state index is -2.98. The summed E-state index contributed by atoms with van der Waals surface area (Å²) in [5, 5.41) is 0. The predicted octanol–water partition coefficient (Wildman–Crippen LogP) is 2.29. The Morgan fingerprint density at radius 2 is 1.78 bits per heavy atom. The Bertz CT molecular complexity index is 633. The molecule has 0 aromatic heterocycles. The van der Waals surface area contributed by atoms with E-state index in [-0.39, 0.29) is 23.3 Å². The van der Waals surface area contributed by atoms with Crippen molar-refractivity contribution in [1.82, 2.24) is 4.90 Å². The summed E-state index contributed by atoms with van der Waals surface area (Å²) in [4.78, 5) is 14.3. The second-order valence-corrected chi connectivity index (χ2v) is 9.12. The molecule has 0 unspecified atom stereocenters. The van der Waals surface area contributed by atoms with Crippen molar-refractivity contribution in [3.8, 4) is 0 Å². The first-order valence-electron chi connectivity index (χ1n) is 8.57. The Morgan fingerprint density at radius 1 is 1.09 bits per heavy atom. The molecule has 1 atom stereocenters. The number of hydrogen-bond acceptors (Lipinski definition) is 3. The van der Waals surface area contributed by atoms with Crippen molar-refractivity contribution in [1.29, 1.82) is 0 Å². The summed E-state index contributed by atoms with van der Waals surface area (Å²) in [6.07, 6.45) is 4.86. The van der Waals surface area contributed by atoms with Crippen LogP contribution in [0.5, 0.6) is 0 Å². The van der Waals surface area contributed by atoms with Gasteiger partial charge in [0.2, 0.25) is 5.91 Å². The molecule has 2 heterocycles. The molecule has 0 N–H and O–H groups in total. The van der Waals surface area contributed by atoms with E-state index in [0.717, 1.165) is 32.4 Å². The Morgan fingerprint density at radius 3 is 2.39 bits per heavy atom. The van der Waals surface area contributed by atoms with E-state index in [2.05, 4.69) is 24.3 Å². The summed E-state index contributed by atoms with van der Waals surface area (Å²) in [6, 6.07) is 10.5. The van der Waals surface area contributed by atoms with Gasteiger partial charge < -0.3 is 4.90 Å². The normalized spacial score (nSPS) is 24.7. The first-order chi connectivity index (χ1) is 11.0. The molecule has 2 aliphatic rings. The van der Waals surface area contributed by atoms with E-state index < -0.39 is 9.84 Å². The van der Waals surface area contributed by atoms with Crippen LogP contribution in [0.2, 0.25) is 0 Å². The molecule has 4 nitrogen and oxygen atoms in total. The third-order valence-electron chi connectivity index (χ3n) is 5.19. The molecule has 1 aromatic carbocycles. The minimum Gasteiger partial charge on any atom is -0.342 e. The summed E-state index contributed by atoms with van der Waals surface area (Å²) < 4.78 is 23.1. The van der Waals surface area contributed by atoms with Crippen LogP contribution in [0.3, 0.4) is 0 Å². The Balaban J connectivity index is 1.44. The number of benzene rings is 1. The van der Waals surface area contributed by atoms with Gasteiger partial charge in [-0.3, -0.25) is 4.79 Å². The number of sulfone groups is 1. The summed E-state index contributed by atoms with van der Waals surface area (Å²) in [7, 11) is -2.98. The summed E-state index contributed by atoms with van der Waals surface area (Å²) >= 11 is 0. The maximum atomic E-state index is 12.4. The van der Waals surface area contributed by atoms with Crippen molar-refractivity contribution in [3.05, 3.63) is 35.9 Å². The third-order valence-corrected chi connectivity index (χ3v) is 6.96. The fourth-order valence-corrected chi connectivity index (χ4v) is 5.44. The smallest absolute Gasteiger partial charge is 0.226 e. The van der Waals surface area contributed by atoms with Gasteiger partial charge in [0.1, 0.15) is 0 Å². The van der Waals surface area contributed by atoms with Crippen LogP contribution in [0, 0.1) is 11.8 Å². The fraction of sp³-hybridized carbons (Fsp3) is 0.611. The van der Waals surface area contributed by atoms with Crippen molar-refractivity contribution < 1.29 is 13.2 Å². The molecule has 2 saturated heterocycles. The van der Waals surface area contributed by atoms with Crippen molar-refractivity contribution >= 4 is 15.7 Å². The quantitative estimate of drug-likeness (QED) is 0.848. The Kier molecular flexibility index (Phi) is 5.05. The average molecular weight is 335 g/mol. The minimum absolute atomic E-state index is 0.0553. The Hall–Kier alpha value is -1.36. The number of hydrogen-bond donors (Lipinski definition) is 0. The van der Waals surface area contributed by atoms with Crippen LogP contribution in [0.15, 0.2) is 30.3 Å². The first kappa shape index (κ1) is 16.5.